The normalized spacial score (nSPS) is 11.1. The van der Waals surface area contributed by atoms with Gasteiger partial charge in [0, 0.05) is 28.0 Å². The Balaban J connectivity index is 1.76. The van der Waals surface area contributed by atoms with Crippen LogP contribution in [0.2, 0.25) is 0 Å². The molecule has 4 heteroatoms. The van der Waals surface area contributed by atoms with Crippen molar-refractivity contribution in [2.24, 2.45) is 0 Å². The minimum Gasteiger partial charge on any atom is -0.351 e. The van der Waals surface area contributed by atoms with E-state index in [0.717, 1.165) is 35.3 Å². The van der Waals surface area contributed by atoms with Crippen LogP contribution in [0.1, 0.15) is 62.9 Å². The second kappa shape index (κ2) is 11.1. The van der Waals surface area contributed by atoms with Crippen molar-refractivity contribution < 1.29 is 4.79 Å². The Labute approximate surface area is 178 Å². The number of fused-ring (bicyclic) bond motifs is 1. The highest BCUT2D eigenvalue weighted by molar-refractivity contribution is 7.99. The standard InChI is InChI=1S/C25H32N2OS/c1-3-5-6-7-8-12-17-27(21-13-10-9-11-14-21)25(28)24-19-20-18-22(29-4-2)15-16-23(20)26-24/h9-11,13-16,18-19,26H,3-8,12,17H2,1-2H3. The summed E-state index contributed by atoms with van der Waals surface area (Å²) in [6.45, 7) is 5.14. The summed E-state index contributed by atoms with van der Waals surface area (Å²) < 4.78 is 0. The molecule has 0 bridgehead atoms. The first-order valence-corrected chi connectivity index (χ1v) is 11.8. The van der Waals surface area contributed by atoms with Crippen molar-refractivity contribution in [3.8, 4) is 0 Å². The van der Waals surface area contributed by atoms with E-state index in [2.05, 4.69) is 37.0 Å². The van der Waals surface area contributed by atoms with Gasteiger partial charge in [0.25, 0.3) is 5.91 Å². The fourth-order valence-corrected chi connectivity index (χ4v) is 4.34. The molecule has 3 nitrogen and oxygen atoms in total. The van der Waals surface area contributed by atoms with E-state index < -0.39 is 0 Å². The number of benzene rings is 2. The van der Waals surface area contributed by atoms with E-state index in [1.54, 1.807) is 0 Å². The predicted molar refractivity (Wildman–Crippen MR) is 126 cm³/mol. The Hall–Kier alpha value is -2.20. The summed E-state index contributed by atoms with van der Waals surface area (Å²) in [5.74, 6) is 1.09. The maximum atomic E-state index is 13.4. The van der Waals surface area contributed by atoms with Gasteiger partial charge in [0.2, 0.25) is 0 Å². The third kappa shape index (κ3) is 5.89. The first-order valence-electron chi connectivity index (χ1n) is 10.9. The van der Waals surface area contributed by atoms with Gasteiger partial charge in [-0.25, -0.2) is 0 Å². The van der Waals surface area contributed by atoms with Crippen LogP contribution in [0.4, 0.5) is 5.69 Å². The molecule has 0 aliphatic rings. The van der Waals surface area contributed by atoms with Gasteiger partial charge >= 0.3 is 0 Å². The number of unbranched alkanes of at least 4 members (excludes halogenated alkanes) is 5. The number of nitrogens with one attached hydrogen (secondary N) is 1. The van der Waals surface area contributed by atoms with Gasteiger partial charge in [-0.05, 0) is 48.6 Å². The second-order valence-corrected chi connectivity index (χ2v) is 8.76. The second-order valence-electron chi connectivity index (χ2n) is 7.43. The smallest absolute Gasteiger partial charge is 0.274 e. The van der Waals surface area contributed by atoms with E-state index in [0.29, 0.717) is 5.69 Å². The van der Waals surface area contributed by atoms with E-state index in [4.69, 9.17) is 0 Å². The third-order valence-electron chi connectivity index (χ3n) is 5.18. The number of amides is 1. The van der Waals surface area contributed by atoms with Gasteiger partial charge in [-0.2, -0.15) is 0 Å². The Kier molecular flexibility index (Phi) is 8.24. The molecule has 0 fully saturated rings. The first kappa shape index (κ1) is 21.5. The van der Waals surface area contributed by atoms with Crippen molar-refractivity contribution in [2.45, 2.75) is 57.3 Å². The van der Waals surface area contributed by atoms with Crippen molar-refractivity contribution in [3.05, 3.63) is 60.3 Å². The Morgan fingerprint density at radius 3 is 2.45 bits per heavy atom. The highest BCUT2D eigenvalue weighted by atomic mass is 32.2. The highest BCUT2D eigenvalue weighted by Gasteiger charge is 2.19. The van der Waals surface area contributed by atoms with Crippen LogP contribution in [0.25, 0.3) is 10.9 Å². The van der Waals surface area contributed by atoms with E-state index in [9.17, 15) is 4.79 Å². The van der Waals surface area contributed by atoms with Crippen LogP contribution in [-0.4, -0.2) is 23.2 Å². The van der Waals surface area contributed by atoms with Crippen molar-refractivity contribution in [1.82, 2.24) is 4.98 Å². The fourth-order valence-electron chi connectivity index (χ4n) is 3.63. The number of anilines is 1. The minimum absolute atomic E-state index is 0.0469. The summed E-state index contributed by atoms with van der Waals surface area (Å²) >= 11 is 1.82. The number of rotatable bonds is 11. The largest absolute Gasteiger partial charge is 0.351 e. The summed E-state index contributed by atoms with van der Waals surface area (Å²) in [7, 11) is 0. The molecule has 0 saturated carbocycles. The van der Waals surface area contributed by atoms with Gasteiger partial charge < -0.3 is 9.88 Å². The van der Waals surface area contributed by atoms with Gasteiger partial charge in [0.05, 0.1) is 0 Å². The number of hydrogen-bond donors (Lipinski definition) is 1. The molecule has 2 aromatic carbocycles. The monoisotopic (exact) mass is 408 g/mol. The van der Waals surface area contributed by atoms with Crippen LogP contribution in [-0.2, 0) is 0 Å². The van der Waals surface area contributed by atoms with Crippen LogP contribution < -0.4 is 4.90 Å². The number of thioether (sulfide) groups is 1. The quantitative estimate of drug-likeness (QED) is 0.267. The number of carbonyl (C=O) groups excluding carboxylic acids is 1. The molecule has 1 amide bonds. The Morgan fingerprint density at radius 1 is 0.931 bits per heavy atom. The molecule has 1 N–H and O–H groups in total. The number of nitrogens with zero attached hydrogens (tertiary/aromatic N) is 1. The van der Waals surface area contributed by atoms with E-state index in [1.807, 2.05) is 53.1 Å². The van der Waals surface area contributed by atoms with Crippen LogP contribution >= 0.6 is 11.8 Å². The van der Waals surface area contributed by atoms with Gasteiger partial charge in [-0.15, -0.1) is 11.8 Å². The molecule has 1 aromatic heterocycles. The van der Waals surface area contributed by atoms with E-state index in [-0.39, 0.29) is 5.91 Å². The summed E-state index contributed by atoms with van der Waals surface area (Å²) in [5, 5.41) is 1.10. The SMILES string of the molecule is CCCCCCCCN(C(=O)c1cc2cc(SCC)ccc2[nH]1)c1ccccc1. The summed E-state index contributed by atoms with van der Waals surface area (Å²) in [6, 6.07) is 18.4. The van der Waals surface area contributed by atoms with Gasteiger partial charge in [0.15, 0.2) is 0 Å². The topological polar surface area (TPSA) is 36.1 Å². The molecule has 3 rings (SSSR count). The third-order valence-corrected chi connectivity index (χ3v) is 6.06. The average molecular weight is 409 g/mol. The number of aromatic amines is 1. The van der Waals surface area contributed by atoms with Gasteiger partial charge in [-0.3, -0.25) is 4.79 Å². The lowest BCUT2D eigenvalue weighted by molar-refractivity contribution is 0.0982. The minimum atomic E-state index is 0.0469. The summed E-state index contributed by atoms with van der Waals surface area (Å²) in [5.41, 5.74) is 2.64. The molecule has 0 atom stereocenters. The molecule has 0 spiro atoms. The molecule has 154 valence electrons. The Bertz CT molecular complexity index is 904. The maximum absolute atomic E-state index is 13.4. The molecule has 0 unspecified atom stereocenters. The van der Waals surface area contributed by atoms with Crippen molar-refractivity contribution in [3.63, 3.8) is 0 Å². The molecular weight excluding hydrogens is 376 g/mol. The number of H-pyrrole nitrogens is 1. The molecule has 29 heavy (non-hydrogen) atoms. The number of carbonyl (C=O) groups is 1. The van der Waals surface area contributed by atoms with Crippen LogP contribution in [0.5, 0.6) is 0 Å². The lowest BCUT2D eigenvalue weighted by Gasteiger charge is -2.22. The average Bonchev–Trinajstić information content (AvgIpc) is 3.17. The molecule has 0 saturated heterocycles. The van der Waals surface area contributed by atoms with Crippen molar-refractivity contribution >= 4 is 34.3 Å². The molecule has 0 radical (unpaired) electrons. The molecule has 3 aromatic rings. The van der Waals surface area contributed by atoms with Crippen molar-refractivity contribution in [2.75, 3.05) is 17.2 Å². The molecule has 0 aliphatic heterocycles. The predicted octanol–water partition coefficient (Wildman–Crippen LogP) is 7.29. The van der Waals surface area contributed by atoms with Crippen LogP contribution in [0, 0.1) is 0 Å². The molecule has 0 aliphatic carbocycles. The van der Waals surface area contributed by atoms with Crippen LogP contribution in [0.3, 0.4) is 0 Å². The molecular formula is C25H32N2OS. The van der Waals surface area contributed by atoms with E-state index >= 15 is 0 Å². The summed E-state index contributed by atoms with van der Waals surface area (Å²) in [6.07, 6.45) is 7.29. The zero-order chi connectivity index (χ0) is 20.5. The van der Waals surface area contributed by atoms with Gasteiger partial charge in [-0.1, -0.05) is 64.2 Å². The number of hydrogen-bond acceptors (Lipinski definition) is 2. The lowest BCUT2D eigenvalue weighted by Crippen LogP contribution is -2.32. The number of para-hydroxylation sites is 1. The van der Waals surface area contributed by atoms with Gasteiger partial charge in [0.1, 0.15) is 5.69 Å². The first-order chi connectivity index (χ1) is 14.2. The van der Waals surface area contributed by atoms with Crippen LogP contribution in [0.15, 0.2) is 59.5 Å². The zero-order valence-corrected chi connectivity index (χ0v) is 18.4. The molecule has 1 heterocycles. The Morgan fingerprint density at radius 2 is 1.69 bits per heavy atom. The summed E-state index contributed by atoms with van der Waals surface area (Å²) in [4.78, 5) is 19.9. The maximum Gasteiger partial charge on any atom is 0.274 e. The zero-order valence-electron chi connectivity index (χ0n) is 17.6. The lowest BCUT2D eigenvalue weighted by atomic mass is 10.1. The fraction of sp³-hybridized carbons (Fsp3) is 0.400. The van der Waals surface area contributed by atoms with E-state index in [1.165, 1.54) is 37.0 Å². The highest BCUT2D eigenvalue weighted by Crippen LogP contribution is 2.25. The van der Waals surface area contributed by atoms with Crippen molar-refractivity contribution in [1.29, 1.82) is 0 Å². The number of aromatic nitrogens is 1.